The first-order chi connectivity index (χ1) is 34.0. The Morgan fingerprint density at radius 2 is 0.681 bits per heavy atom. The maximum Gasteiger partial charge on any atom is 0.305 e. The fraction of sp³-hybridized carbons (Fsp3) is 0.873. The molecule has 2 atom stereocenters. The van der Waals surface area contributed by atoms with E-state index in [9.17, 15) is 19.8 Å². The van der Waals surface area contributed by atoms with Crippen LogP contribution in [-0.2, 0) is 14.3 Å². The molecular weight excluding hydrogens is 851 g/mol. The van der Waals surface area contributed by atoms with E-state index in [1.54, 1.807) is 6.08 Å². The van der Waals surface area contributed by atoms with Gasteiger partial charge in [-0.3, -0.25) is 9.59 Å². The molecule has 0 radical (unpaired) electrons. The van der Waals surface area contributed by atoms with Crippen LogP contribution in [0.4, 0.5) is 0 Å². The number of esters is 1. The third-order valence-electron chi connectivity index (χ3n) is 14.1. The van der Waals surface area contributed by atoms with Crippen molar-refractivity contribution in [2.45, 2.75) is 341 Å². The number of nitrogens with one attached hydrogen (secondary N) is 1. The van der Waals surface area contributed by atoms with Crippen molar-refractivity contribution in [2.24, 2.45) is 0 Å². The summed E-state index contributed by atoms with van der Waals surface area (Å²) in [6, 6.07) is -0.631. The Balaban J connectivity index is 3.41. The van der Waals surface area contributed by atoms with E-state index in [1.807, 2.05) is 6.08 Å². The Labute approximate surface area is 430 Å². The number of hydrogen-bond donors (Lipinski definition) is 3. The number of hydrogen-bond acceptors (Lipinski definition) is 5. The Morgan fingerprint density at radius 3 is 1.03 bits per heavy atom. The van der Waals surface area contributed by atoms with Crippen LogP contribution < -0.4 is 5.32 Å². The molecule has 1 amide bonds. The lowest BCUT2D eigenvalue weighted by molar-refractivity contribution is -0.143. The molecule has 69 heavy (non-hydrogen) atoms. The van der Waals surface area contributed by atoms with Crippen LogP contribution >= 0.6 is 0 Å². The summed E-state index contributed by atoms with van der Waals surface area (Å²) in [6.45, 7) is 4.89. The van der Waals surface area contributed by atoms with Crippen molar-refractivity contribution < 1.29 is 24.5 Å². The molecule has 0 bridgehead atoms. The molecule has 0 rings (SSSR count). The Morgan fingerprint density at radius 1 is 0.391 bits per heavy atom. The van der Waals surface area contributed by atoms with Crippen LogP contribution in [0.15, 0.2) is 36.5 Å². The number of carbonyl (C=O) groups excluding carboxylic acids is 2. The lowest BCUT2D eigenvalue weighted by Gasteiger charge is -2.20. The number of allylic oxidation sites excluding steroid dienone is 5. The Hall–Kier alpha value is -1.92. The summed E-state index contributed by atoms with van der Waals surface area (Å²) in [7, 11) is 0. The average molecular weight is 971 g/mol. The van der Waals surface area contributed by atoms with Crippen LogP contribution in [0.25, 0.3) is 0 Å². The van der Waals surface area contributed by atoms with Gasteiger partial charge in [-0.15, -0.1) is 0 Å². The first-order valence-electron chi connectivity index (χ1n) is 30.8. The van der Waals surface area contributed by atoms with Gasteiger partial charge in [-0.2, -0.15) is 0 Å². The van der Waals surface area contributed by atoms with Crippen LogP contribution in [0.3, 0.4) is 0 Å². The molecule has 2 unspecified atom stereocenters. The van der Waals surface area contributed by atoms with Gasteiger partial charge in [0.15, 0.2) is 0 Å². The zero-order valence-electron chi connectivity index (χ0n) is 46.3. The lowest BCUT2D eigenvalue weighted by atomic mass is 10.0. The van der Waals surface area contributed by atoms with Gasteiger partial charge >= 0.3 is 5.97 Å². The molecule has 0 aliphatic rings. The van der Waals surface area contributed by atoms with Crippen LogP contribution in [-0.4, -0.2) is 47.4 Å². The highest BCUT2D eigenvalue weighted by Crippen LogP contribution is 2.16. The number of rotatable bonds is 57. The summed E-state index contributed by atoms with van der Waals surface area (Å²) in [5, 5.41) is 23.0. The average Bonchev–Trinajstić information content (AvgIpc) is 3.35. The first kappa shape index (κ1) is 67.1. The van der Waals surface area contributed by atoms with Gasteiger partial charge < -0.3 is 20.3 Å². The summed E-state index contributed by atoms with van der Waals surface area (Å²) in [5.41, 5.74) is 0. The highest BCUT2D eigenvalue weighted by Gasteiger charge is 2.18. The number of ether oxygens (including phenoxy) is 1. The number of amides is 1. The number of carbonyl (C=O) groups is 2. The van der Waals surface area contributed by atoms with Crippen LogP contribution in [0.1, 0.15) is 328 Å². The summed E-state index contributed by atoms with van der Waals surface area (Å²) in [6.07, 6.45) is 73.3. The first-order valence-corrected chi connectivity index (χ1v) is 30.8. The molecule has 0 fully saturated rings. The maximum absolute atomic E-state index is 12.4. The number of aliphatic hydroxyl groups is 2. The molecule has 6 heteroatoms. The third kappa shape index (κ3) is 55.2. The topological polar surface area (TPSA) is 95.9 Å². The molecule has 6 nitrogen and oxygen atoms in total. The fourth-order valence-electron chi connectivity index (χ4n) is 9.39. The van der Waals surface area contributed by atoms with Gasteiger partial charge in [-0.05, 0) is 83.5 Å². The van der Waals surface area contributed by atoms with Gasteiger partial charge in [-0.1, -0.05) is 269 Å². The molecule has 0 aromatic carbocycles. The van der Waals surface area contributed by atoms with Crippen LogP contribution in [0.2, 0.25) is 0 Å². The van der Waals surface area contributed by atoms with Crippen molar-refractivity contribution in [1.29, 1.82) is 0 Å². The lowest BCUT2D eigenvalue weighted by Crippen LogP contribution is -2.45. The van der Waals surface area contributed by atoms with E-state index in [0.717, 1.165) is 51.4 Å². The Kier molecular flexibility index (Phi) is 57.0. The highest BCUT2D eigenvalue weighted by atomic mass is 16.5. The van der Waals surface area contributed by atoms with E-state index in [4.69, 9.17) is 4.74 Å². The van der Waals surface area contributed by atoms with Crippen LogP contribution in [0, 0.1) is 0 Å². The predicted molar refractivity (Wildman–Crippen MR) is 301 cm³/mol. The normalized spacial score (nSPS) is 12.8. The zero-order valence-corrected chi connectivity index (χ0v) is 46.3. The monoisotopic (exact) mass is 970 g/mol. The smallest absolute Gasteiger partial charge is 0.305 e. The number of aliphatic hydroxyl groups excluding tert-OH is 2. The van der Waals surface area contributed by atoms with E-state index in [-0.39, 0.29) is 18.5 Å². The second-order valence-electron chi connectivity index (χ2n) is 21.0. The van der Waals surface area contributed by atoms with E-state index < -0.39 is 12.1 Å². The number of unbranched alkanes of at least 4 members (excludes halogenated alkanes) is 42. The van der Waals surface area contributed by atoms with E-state index in [0.29, 0.717) is 19.4 Å². The molecule has 0 saturated heterocycles. The minimum absolute atomic E-state index is 0.00752. The summed E-state index contributed by atoms with van der Waals surface area (Å²) in [5.74, 6) is -0.0672. The SMILES string of the molecule is CCCCCCCC/C=C\CCCCCCCCCC(=O)OCCCCCCCCCCCCCC/C=C\CCCCCCCCCC(=O)NC(CO)C(O)/C=C/CCCCCCCCCCCC. The second-order valence-corrected chi connectivity index (χ2v) is 21.0. The molecule has 0 aliphatic heterocycles. The predicted octanol–water partition coefficient (Wildman–Crippen LogP) is 19.2. The van der Waals surface area contributed by atoms with Gasteiger partial charge in [0, 0.05) is 12.8 Å². The van der Waals surface area contributed by atoms with Crippen molar-refractivity contribution in [3.05, 3.63) is 36.5 Å². The quantitative estimate of drug-likeness (QED) is 0.0321. The molecule has 3 N–H and O–H groups in total. The van der Waals surface area contributed by atoms with Gasteiger partial charge in [-0.25, -0.2) is 0 Å². The summed E-state index contributed by atoms with van der Waals surface area (Å²) >= 11 is 0. The van der Waals surface area contributed by atoms with Crippen molar-refractivity contribution in [3.63, 3.8) is 0 Å². The molecule has 0 aromatic rings. The van der Waals surface area contributed by atoms with Crippen molar-refractivity contribution >= 4 is 11.9 Å². The van der Waals surface area contributed by atoms with E-state index in [2.05, 4.69) is 43.5 Å². The molecule has 0 spiro atoms. The summed E-state index contributed by atoms with van der Waals surface area (Å²) in [4.78, 5) is 24.5. The minimum Gasteiger partial charge on any atom is -0.466 e. The van der Waals surface area contributed by atoms with Crippen molar-refractivity contribution in [3.8, 4) is 0 Å². The minimum atomic E-state index is -0.847. The van der Waals surface area contributed by atoms with Crippen LogP contribution in [0.5, 0.6) is 0 Å². The Bertz CT molecular complexity index is 1120. The standard InChI is InChI=1S/C63H119NO5/c1-3-5-7-9-11-13-15-17-18-26-30-33-37-41-45-49-53-57-63(68)69-58-54-50-46-42-38-34-31-28-25-23-21-19-20-22-24-27-29-32-36-40-44-48-52-56-62(67)64-60(59-65)61(66)55-51-47-43-39-35-16-14-12-10-8-6-4-2/h17-18,22,24,51,55,60-61,65-66H,3-16,19-21,23,25-50,52-54,56-59H2,1-2H3,(H,64,67)/b18-17-,24-22-,55-51+. The molecule has 0 saturated carbocycles. The van der Waals surface area contributed by atoms with Crippen molar-refractivity contribution in [2.75, 3.05) is 13.2 Å². The fourth-order valence-corrected chi connectivity index (χ4v) is 9.39. The molecule has 0 aromatic heterocycles. The molecule has 406 valence electrons. The van der Waals surface area contributed by atoms with E-state index in [1.165, 1.54) is 250 Å². The maximum atomic E-state index is 12.4. The second kappa shape index (κ2) is 58.6. The van der Waals surface area contributed by atoms with E-state index >= 15 is 0 Å². The summed E-state index contributed by atoms with van der Waals surface area (Å²) < 4.78 is 5.49. The largest absolute Gasteiger partial charge is 0.466 e. The van der Waals surface area contributed by atoms with Gasteiger partial charge in [0.05, 0.1) is 25.4 Å². The molecular formula is C63H119NO5. The third-order valence-corrected chi connectivity index (χ3v) is 14.1. The molecule has 0 heterocycles. The van der Waals surface area contributed by atoms with Gasteiger partial charge in [0.2, 0.25) is 5.91 Å². The molecule has 0 aliphatic carbocycles. The zero-order chi connectivity index (χ0) is 50.0. The van der Waals surface area contributed by atoms with Crippen molar-refractivity contribution in [1.82, 2.24) is 5.32 Å². The van der Waals surface area contributed by atoms with Gasteiger partial charge in [0.25, 0.3) is 0 Å². The van der Waals surface area contributed by atoms with Gasteiger partial charge in [0.1, 0.15) is 0 Å². The highest BCUT2D eigenvalue weighted by molar-refractivity contribution is 5.76.